The van der Waals surface area contributed by atoms with Crippen molar-refractivity contribution in [2.75, 3.05) is 5.32 Å². The molecule has 0 unspecified atom stereocenters. The van der Waals surface area contributed by atoms with Crippen molar-refractivity contribution >= 4 is 11.9 Å². The Bertz CT molecular complexity index is 285. The van der Waals surface area contributed by atoms with Crippen molar-refractivity contribution in [1.29, 1.82) is 0 Å². The molecule has 0 aliphatic heterocycles. The minimum atomic E-state index is -3.04. The second kappa shape index (κ2) is 3.24. The molecular weight excluding hydrogens is 170 g/mol. The van der Waals surface area contributed by atoms with E-state index in [1.807, 2.05) is 5.32 Å². The van der Waals surface area contributed by atoms with E-state index in [-0.39, 0.29) is 5.95 Å². The van der Waals surface area contributed by atoms with Crippen LogP contribution in [0.2, 0.25) is 0 Å². The first-order chi connectivity index (χ1) is 5.61. The van der Waals surface area contributed by atoms with E-state index in [1.165, 1.54) is 11.7 Å². The molecule has 0 fully saturated rings. The highest BCUT2D eigenvalue weighted by Gasteiger charge is 2.16. The smallest absolute Gasteiger partial charge is 0.290 e. The first-order valence-electron chi connectivity index (χ1n) is 3.04. The van der Waals surface area contributed by atoms with Gasteiger partial charge in [0, 0.05) is 7.05 Å². The molecule has 1 aromatic rings. The first kappa shape index (κ1) is 8.57. The summed E-state index contributed by atoms with van der Waals surface area (Å²) in [4.78, 5) is 13.9. The maximum Gasteiger partial charge on any atom is 0.315 e. The normalized spacial score (nSPS) is 10.3. The van der Waals surface area contributed by atoms with Crippen molar-refractivity contribution in [2.24, 2.45) is 7.05 Å². The summed E-state index contributed by atoms with van der Waals surface area (Å²) in [6.07, 6.45) is -1.89. The summed E-state index contributed by atoms with van der Waals surface area (Å²) in [6.45, 7) is 0. The number of amides is 1. The van der Waals surface area contributed by atoms with E-state index < -0.39 is 12.3 Å². The number of carbonyl (C=O) groups excluding carboxylic acids is 1. The molecule has 0 aliphatic carbocycles. The Morgan fingerprint density at radius 2 is 2.42 bits per heavy atom. The SMILES string of the molecule is Cn1ncnc1NC(=O)C(F)F. The van der Waals surface area contributed by atoms with Gasteiger partial charge in [0.25, 0.3) is 5.91 Å². The van der Waals surface area contributed by atoms with Crippen LogP contribution in [-0.2, 0) is 11.8 Å². The lowest BCUT2D eigenvalue weighted by Gasteiger charge is -2.01. The summed E-state index contributed by atoms with van der Waals surface area (Å²) in [5.74, 6) is -1.38. The third kappa shape index (κ3) is 1.74. The minimum Gasteiger partial charge on any atom is -0.290 e. The first-order valence-corrected chi connectivity index (χ1v) is 3.04. The molecule has 1 heterocycles. The summed E-state index contributed by atoms with van der Waals surface area (Å²) in [5, 5.41) is 5.46. The molecule has 0 atom stereocenters. The topological polar surface area (TPSA) is 59.8 Å². The van der Waals surface area contributed by atoms with Crippen LogP contribution < -0.4 is 5.32 Å². The number of aromatic nitrogens is 3. The van der Waals surface area contributed by atoms with E-state index in [0.29, 0.717) is 0 Å². The molecule has 0 saturated heterocycles. The second-order valence-electron chi connectivity index (χ2n) is 2.00. The summed E-state index contributed by atoms with van der Waals surface area (Å²) >= 11 is 0. The molecule has 0 aromatic carbocycles. The van der Waals surface area contributed by atoms with Crippen molar-refractivity contribution in [3.8, 4) is 0 Å². The fraction of sp³-hybridized carbons (Fsp3) is 0.400. The lowest BCUT2D eigenvalue weighted by Crippen LogP contribution is -2.22. The number of aryl methyl sites for hydroxylation is 1. The molecule has 12 heavy (non-hydrogen) atoms. The molecule has 1 amide bonds. The molecule has 0 spiro atoms. The van der Waals surface area contributed by atoms with Gasteiger partial charge in [-0.3, -0.25) is 10.1 Å². The lowest BCUT2D eigenvalue weighted by atomic mass is 10.6. The van der Waals surface area contributed by atoms with Gasteiger partial charge in [-0.1, -0.05) is 0 Å². The number of hydrogen-bond acceptors (Lipinski definition) is 3. The number of rotatable bonds is 2. The predicted molar refractivity (Wildman–Crippen MR) is 35.6 cm³/mol. The van der Waals surface area contributed by atoms with Crippen molar-refractivity contribution < 1.29 is 13.6 Å². The molecule has 0 bridgehead atoms. The van der Waals surface area contributed by atoms with Gasteiger partial charge in [0.05, 0.1) is 0 Å². The number of nitrogens with one attached hydrogen (secondary N) is 1. The summed E-state index contributed by atoms with van der Waals surface area (Å²) in [6, 6.07) is 0. The van der Waals surface area contributed by atoms with Gasteiger partial charge in [-0.25, -0.2) is 4.68 Å². The molecule has 7 heteroatoms. The van der Waals surface area contributed by atoms with Gasteiger partial charge in [0.2, 0.25) is 5.95 Å². The third-order valence-electron chi connectivity index (χ3n) is 1.14. The molecule has 0 radical (unpaired) electrons. The predicted octanol–water partition coefficient (Wildman–Crippen LogP) is 0.0187. The van der Waals surface area contributed by atoms with E-state index >= 15 is 0 Å². The molecule has 1 rings (SSSR count). The average molecular weight is 176 g/mol. The molecular formula is C5H6F2N4O. The molecule has 1 aromatic heterocycles. The molecule has 1 N–H and O–H groups in total. The molecule has 0 aliphatic rings. The van der Waals surface area contributed by atoms with Crippen molar-refractivity contribution in [3.63, 3.8) is 0 Å². The van der Waals surface area contributed by atoms with Crippen LogP contribution >= 0.6 is 0 Å². The van der Waals surface area contributed by atoms with Gasteiger partial charge in [-0.15, -0.1) is 0 Å². The van der Waals surface area contributed by atoms with Crippen LogP contribution in [0, 0.1) is 0 Å². The van der Waals surface area contributed by atoms with E-state index in [2.05, 4.69) is 10.1 Å². The van der Waals surface area contributed by atoms with Crippen LogP contribution in [0.4, 0.5) is 14.7 Å². The van der Waals surface area contributed by atoms with Gasteiger partial charge in [-0.05, 0) is 0 Å². The highest BCUT2D eigenvalue weighted by atomic mass is 19.3. The van der Waals surface area contributed by atoms with E-state index in [4.69, 9.17) is 0 Å². The Hall–Kier alpha value is -1.53. The average Bonchev–Trinajstić information content (AvgIpc) is 2.36. The Morgan fingerprint density at radius 3 is 2.83 bits per heavy atom. The summed E-state index contributed by atoms with van der Waals surface area (Å²) in [5.41, 5.74) is 0. The van der Waals surface area contributed by atoms with Crippen LogP contribution in [0.1, 0.15) is 0 Å². The molecule has 0 saturated carbocycles. The van der Waals surface area contributed by atoms with Crippen molar-refractivity contribution in [2.45, 2.75) is 6.43 Å². The zero-order chi connectivity index (χ0) is 9.14. The highest BCUT2D eigenvalue weighted by molar-refractivity contribution is 5.91. The second-order valence-corrected chi connectivity index (χ2v) is 2.00. The number of hydrogen-bond donors (Lipinski definition) is 1. The number of alkyl halides is 2. The van der Waals surface area contributed by atoms with Crippen LogP contribution in [-0.4, -0.2) is 27.1 Å². The number of nitrogens with zero attached hydrogens (tertiary/aromatic N) is 3. The quantitative estimate of drug-likeness (QED) is 0.690. The van der Waals surface area contributed by atoms with E-state index in [0.717, 1.165) is 6.33 Å². The van der Waals surface area contributed by atoms with Crippen LogP contribution in [0.3, 0.4) is 0 Å². The highest BCUT2D eigenvalue weighted by Crippen LogP contribution is 2.01. The van der Waals surface area contributed by atoms with Gasteiger partial charge in [0.1, 0.15) is 6.33 Å². The molecule has 66 valence electrons. The van der Waals surface area contributed by atoms with Gasteiger partial charge in [-0.2, -0.15) is 18.9 Å². The van der Waals surface area contributed by atoms with Crippen molar-refractivity contribution in [3.05, 3.63) is 6.33 Å². The van der Waals surface area contributed by atoms with Gasteiger partial charge < -0.3 is 0 Å². The summed E-state index contributed by atoms with van der Waals surface area (Å²) in [7, 11) is 1.48. The van der Waals surface area contributed by atoms with Crippen LogP contribution in [0.25, 0.3) is 0 Å². The zero-order valence-corrected chi connectivity index (χ0v) is 6.16. The number of halogens is 2. The van der Waals surface area contributed by atoms with Gasteiger partial charge >= 0.3 is 6.43 Å². The fourth-order valence-corrected chi connectivity index (χ4v) is 0.574. The van der Waals surface area contributed by atoms with Crippen molar-refractivity contribution in [1.82, 2.24) is 14.8 Å². The molecule has 5 nitrogen and oxygen atoms in total. The lowest BCUT2D eigenvalue weighted by molar-refractivity contribution is -0.126. The monoisotopic (exact) mass is 176 g/mol. The standard InChI is InChI=1S/C5H6F2N4O/c1-11-5(8-2-9-11)10-4(12)3(6)7/h2-3H,1H3,(H,8,9,10,12). The largest absolute Gasteiger partial charge is 0.315 e. The Balaban J connectivity index is 2.64. The summed E-state index contributed by atoms with van der Waals surface area (Å²) < 4.78 is 24.5. The van der Waals surface area contributed by atoms with E-state index in [1.54, 1.807) is 0 Å². The third-order valence-corrected chi connectivity index (χ3v) is 1.14. The maximum atomic E-state index is 11.7. The van der Waals surface area contributed by atoms with E-state index in [9.17, 15) is 13.6 Å². The zero-order valence-electron chi connectivity index (χ0n) is 6.16. The van der Waals surface area contributed by atoms with Crippen LogP contribution in [0.15, 0.2) is 6.33 Å². The maximum absolute atomic E-state index is 11.7. The Kier molecular flexibility index (Phi) is 2.32. The van der Waals surface area contributed by atoms with Crippen LogP contribution in [0.5, 0.6) is 0 Å². The van der Waals surface area contributed by atoms with Gasteiger partial charge in [0.15, 0.2) is 0 Å². The Morgan fingerprint density at radius 1 is 1.75 bits per heavy atom. The Labute approximate surface area is 66.4 Å². The number of carbonyl (C=O) groups is 1. The number of anilines is 1. The fourth-order valence-electron chi connectivity index (χ4n) is 0.574. The minimum absolute atomic E-state index is 0.000278.